The lowest BCUT2D eigenvalue weighted by atomic mass is 10.1. The van der Waals surface area contributed by atoms with E-state index in [1.807, 2.05) is 0 Å². The molecule has 0 aliphatic carbocycles. The lowest BCUT2D eigenvalue weighted by Gasteiger charge is -1.95. The minimum atomic E-state index is 0.0529. The van der Waals surface area contributed by atoms with Crippen LogP contribution in [0.4, 0.5) is 0 Å². The van der Waals surface area contributed by atoms with Gasteiger partial charge >= 0.3 is 0 Å². The van der Waals surface area contributed by atoms with E-state index in [0.29, 0.717) is 0 Å². The molecule has 1 heterocycles. The summed E-state index contributed by atoms with van der Waals surface area (Å²) in [5.41, 5.74) is 2.61. The van der Waals surface area contributed by atoms with Gasteiger partial charge in [0.05, 0.1) is 0 Å². The first kappa shape index (κ1) is 7.01. The second kappa shape index (κ2) is 3.16. The van der Waals surface area contributed by atoms with Crippen molar-refractivity contribution in [2.45, 2.75) is 0 Å². The molecule has 0 saturated carbocycles. The van der Waals surface area contributed by atoms with Gasteiger partial charge in [-0.3, -0.25) is 0 Å². The Morgan fingerprint density at radius 1 is 1.09 bits per heavy atom. The number of benzene rings is 1. The molecule has 0 radical (unpaired) electrons. The molecule has 0 fully saturated rings. The fourth-order valence-electron chi connectivity index (χ4n) is 1.02. The van der Waals surface area contributed by atoms with Crippen LogP contribution in [0.3, 0.4) is 0 Å². The minimum absolute atomic E-state index is 0.0529. The molecule has 1 heteroatoms. The SMILES string of the molecule is C1=Cc2ccccc2C=CI=1. The van der Waals surface area contributed by atoms with Gasteiger partial charge in [0.1, 0.15) is 0 Å². The number of hydrogen-bond donors (Lipinski definition) is 0. The number of fused-ring (bicyclic) bond motifs is 1. The molecule has 0 aromatic heterocycles. The third-order valence-corrected chi connectivity index (χ3v) is 2.96. The summed E-state index contributed by atoms with van der Waals surface area (Å²) in [6, 6.07) is 8.40. The average molecular weight is 254 g/mol. The monoisotopic (exact) mass is 254 g/mol. The van der Waals surface area contributed by atoms with Gasteiger partial charge < -0.3 is 0 Å². The molecule has 2 rings (SSSR count). The number of rotatable bonds is 0. The van der Waals surface area contributed by atoms with Crippen molar-refractivity contribution in [3.63, 3.8) is 0 Å². The van der Waals surface area contributed by atoms with E-state index in [1.54, 1.807) is 0 Å². The van der Waals surface area contributed by atoms with E-state index in [-0.39, 0.29) is 20.7 Å². The zero-order chi connectivity index (χ0) is 7.52. The maximum atomic E-state index is 3.30. The van der Waals surface area contributed by atoms with Crippen LogP contribution in [0.5, 0.6) is 0 Å². The largest absolute Gasteiger partial charge is 0.0819 e. The van der Waals surface area contributed by atoms with Crippen molar-refractivity contribution in [1.29, 1.82) is 0 Å². The van der Waals surface area contributed by atoms with Crippen molar-refractivity contribution in [3.8, 4) is 0 Å². The summed E-state index contributed by atoms with van der Waals surface area (Å²) in [6.45, 7) is 0. The predicted octanol–water partition coefficient (Wildman–Crippen LogP) is 3.06. The normalized spacial score (nSPS) is 13.5. The van der Waals surface area contributed by atoms with Gasteiger partial charge in [0.25, 0.3) is 0 Å². The van der Waals surface area contributed by atoms with E-state index in [0.717, 1.165) is 0 Å². The molecule has 11 heavy (non-hydrogen) atoms. The Bertz CT molecular complexity index is 355. The zero-order valence-corrected chi connectivity index (χ0v) is 8.08. The van der Waals surface area contributed by atoms with Gasteiger partial charge in [0, 0.05) is 0 Å². The highest BCUT2D eigenvalue weighted by Crippen LogP contribution is 2.16. The first-order valence-electron chi connectivity index (χ1n) is 3.43. The highest BCUT2D eigenvalue weighted by atomic mass is 127. The van der Waals surface area contributed by atoms with Crippen molar-refractivity contribution in [2.75, 3.05) is 0 Å². The maximum absolute atomic E-state index is 3.30. The Kier molecular flexibility index (Phi) is 2.01. The van der Waals surface area contributed by atoms with Crippen LogP contribution in [0.1, 0.15) is 11.1 Å². The molecule has 0 bridgehead atoms. The van der Waals surface area contributed by atoms with Crippen molar-refractivity contribution in [3.05, 3.63) is 39.5 Å². The fourth-order valence-corrected chi connectivity index (χ4v) is 2.31. The standard InChI is InChI=1S/C10H7I/c1-2-4-10-6-8-11-7-5-9(10)3-1/h1-7H. The molecule has 1 aliphatic heterocycles. The van der Waals surface area contributed by atoms with Crippen molar-refractivity contribution in [2.24, 2.45) is 0 Å². The summed E-state index contributed by atoms with van der Waals surface area (Å²) in [4.78, 5) is 0. The third kappa shape index (κ3) is 1.50. The summed E-state index contributed by atoms with van der Waals surface area (Å²) in [7, 11) is 0. The van der Waals surface area contributed by atoms with Crippen LogP contribution < -0.4 is 0 Å². The molecule has 1 aromatic rings. The van der Waals surface area contributed by atoms with Crippen LogP contribution in [-0.2, 0) is 0 Å². The first-order valence-corrected chi connectivity index (χ1v) is 5.76. The van der Waals surface area contributed by atoms with E-state index in [4.69, 9.17) is 0 Å². The molecular formula is C10H7I. The predicted molar refractivity (Wildman–Crippen MR) is 59.0 cm³/mol. The van der Waals surface area contributed by atoms with E-state index in [9.17, 15) is 0 Å². The smallest absolute Gasteiger partial charge is 0.00609 e. The van der Waals surface area contributed by atoms with E-state index in [2.05, 4.69) is 44.2 Å². The lowest BCUT2D eigenvalue weighted by molar-refractivity contribution is 1.62. The molecular weight excluding hydrogens is 247 g/mol. The summed E-state index contributed by atoms with van der Waals surface area (Å²) >= 11 is 0.0529. The minimum Gasteiger partial charge on any atom is -0.0819 e. The van der Waals surface area contributed by atoms with Crippen LogP contribution in [0, 0.1) is 0 Å². The van der Waals surface area contributed by atoms with Crippen LogP contribution in [0.2, 0.25) is 0 Å². The van der Waals surface area contributed by atoms with Crippen LogP contribution in [-0.4, -0.2) is 3.67 Å². The number of halogens is 1. The third-order valence-electron chi connectivity index (χ3n) is 1.57. The second-order valence-corrected chi connectivity index (χ2v) is 4.25. The van der Waals surface area contributed by atoms with Crippen LogP contribution in [0.25, 0.3) is 12.2 Å². The molecule has 54 valence electrons. The molecule has 1 aliphatic rings. The average Bonchev–Trinajstić information content (AvgIpc) is 2.28. The molecule has 1 aromatic carbocycles. The quantitative estimate of drug-likeness (QED) is 0.624. The molecule has 0 unspecified atom stereocenters. The summed E-state index contributed by atoms with van der Waals surface area (Å²) in [5, 5.41) is 0. The maximum Gasteiger partial charge on any atom is -0.00609 e. The Balaban J connectivity index is 2.67. The summed E-state index contributed by atoms with van der Waals surface area (Å²) in [6.07, 6.45) is 4.29. The Morgan fingerprint density at radius 2 is 1.91 bits per heavy atom. The van der Waals surface area contributed by atoms with E-state index in [1.165, 1.54) is 11.1 Å². The van der Waals surface area contributed by atoms with E-state index >= 15 is 0 Å². The van der Waals surface area contributed by atoms with Gasteiger partial charge in [-0.05, 0) is 48.1 Å². The van der Waals surface area contributed by atoms with Gasteiger partial charge in [0.15, 0.2) is 0 Å². The van der Waals surface area contributed by atoms with Crippen molar-refractivity contribution >= 4 is 36.5 Å². The van der Waals surface area contributed by atoms with Crippen molar-refractivity contribution < 1.29 is 0 Å². The molecule has 0 spiro atoms. The molecule has 0 atom stereocenters. The van der Waals surface area contributed by atoms with Gasteiger partial charge in [-0.2, -0.15) is 0 Å². The van der Waals surface area contributed by atoms with Gasteiger partial charge in [-0.25, -0.2) is 0 Å². The van der Waals surface area contributed by atoms with E-state index < -0.39 is 0 Å². The molecule has 0 amide bonds. The molecule has 0 saturated heterocycles. The molecule has 0 nitrogen and oxygen atoms in total. The highest BCUT2D eigenvalue weighted by molar-refractivity contribution is 14.2. The lowest BCUT2D eigenvalue weighted by Crippen LogP contribution is -1.76. The highest BCUT2D eigenvalue weighted by Gasteiger charge is 1.93. The zero-order valence-electron chi connectivity index (χ0n) is 5.92. The first-order chi connectivity index (χ1) is 5.47. The Labute approximate surface area is 76.0 Å². The Hall–Kier alpha value is -0.660. The number of hydrogen-bond acceptors (Lipinski definition) is 0. The van der Waals surface area contributed by atoms with Crippen LogP contribution >= 0.6 is 20.7 Å². The summed E-state index contributed by atoms with van der Waals surface area (Å²) in [5.74, 6) is 0. The fraction of sp³-hybridized carbons (Fsp3) is 0. The molecule has 0 N–H and O–H groups in total. The summed E-state index contributed by atoms with van der Waals surface area (Å²) < 4.78 is 5.54. The van der Waals surface area contributed by atoms with Gasteiger partial charge in [-0.1, -0.05) is 27.9 Å². The second-order valence-electron chi connectivity index (χ2n) is 2.28. The van der Waals surface area contributed by atoms with Crippen LogP contribution in [0.15, 0.2) is 28.3 Å². The van der Waals surface area contributed by atoms with Gasteiger partial charge in [0.2, 0.25) is 0 Å². The van der Waals surface area contributed by atoms with Gasteiger partial charge in [-0.15, -0.1) is 0 Å². The van der Waals surface area contributed by atoms with Crippen molar-refractivity contribution in [1.82, 2.24) is 0 Å². The topological polar surface area (TPSA) is 0 Å². The Morgan fingerprint density at radius 3 is 2.82 bits per heavy atom.